The molecule has 0 aliphatic carbocycles. The summed E-state index contributed by atoms with van der Waals surface area (Å²) in [4.78, 5) is 5.50. The van der Waals surface area contributed by atoms with Crippen LogP contribution in [0.1, 0.15) is 55.3 Å². The molecular formula is C15H26N2S. The Morgan fingerprint density at radius 1 is 1.44 bits per heavy atom. The maximum atomic E-state index is 6.29. The van der Waals surface area contributed by atoms with Gasteiger partial charge < -0.3 is 5.73 Å². The van der Waals surface area contributed by atoms with Crippen LogP contribution in [0, 0.1) is 6.92 Å². The Morgan fingerprint density at radius 3 is 2.78 bits per heavy atom. The molecule has 18 heavy (non-hydrogen) atoms. The lowest BCUT2D eigenvalue weighted by Gasteiger charge is -2.42. The molecule has 1 aliphatic rings. The third kappa shape index (κ3) is 2.95. The normalized spacial score (nSPS) is 25.0. The van der Waals surface area contributed by atoms with Crippen molar-refractivity contribution < 1.29 is 0 Å². The second-order valence-electron chi connectivity index (χ2n) is 5.55. The maximum absolute atomic E-state index is 6.29. The zero-order chi connectivity index (χ0) is 13.1. The van der Waals surface area contributed by atoms with Crippen LogP contribution in [0.15, 0.2) is 12.1 Å². The summed E-state index contributed by atoms with van der Waals surface area (Å²) < 4.78 is 0. The van der Waals surface area contributed by atoms with Gasteiger partial charge in [0.25, 0.3) is 0 Å². The lowest BCUT2D eigenvalue weighted by molar-refractivity contribution is 0.0815. The van der Waals surface area contributed by atoms with Gasteiger partial charge in [0.05, 0.1) is 6.04 Å². The Hall–Kier alpha value is -0.380. The SMILES string of the molecule is CCC1CCCCN1C(c1ccc(C)s1)C(C)N. The molecule has 0 amide bonds. The summed E-state index contributed by atoms with van der Waals surface area (Å²) in [5.41, 5.74) is 6.29. The number of hydrogen-bond donors (Lipinski definition) is 1. The van der Waals surface area contributed by atoms with Crippen LogP contribution in [-0.2, 0) is 0 Å². The third-order valence-electron chi connectivity index (χ3n) is 4.05. The highest BCUT2D eigenvalue weighted by Gasteiger charge is 2.31. The monoisotopic (exact) mass is 266 g/mol. The Labute approximate surface area is 115 Å². The molecule has 3 unspecified atom stereocenters. The fraction of sp³-hybridized carbons (Fsp3) is 0.733. The Balaban J connectivity index is 2.23. The number of hydrogen-bond acceptors (Lipinski definition) is 3. The summed E-state index contributed by atoms with van der Waals surface area (Å²) in [5.74, 6) is 0. The van der Waals surface area contributed by atoms with Gasteiger partial charge in [0, 0.05) is 21.8 Å². The fourth-order valence-electron chi connectivity index (χ4n) is 3.16. The highest BCUT2D eigenvalue weighted by atomic mass is 32.1. The lowest BCUT2D eigenvalue weighted by Crippen LogP contribution is -2.47. The Bertz CT molecular complexity index is 372. The summed E-state index contributed by atoms with van der Waals surface area (Å²) in [7, 11) is 0. The van der Waals surface area contributed by atoms with Crippen molar-refractivity contribution in [1.82, 2.24) is 4.90 Å². The van der Waals surface area contributed by atoms with Crippen molar-refractivity contribution in [3.63, 3.8) is 0 Å². The predicted molar refractivity (Wildman–Crippen MR) is 80.1 cm³/mol. The number of nitrogens with zero attached hydrogens (tertiary/aromatic N) is 1. The molecule has 2 nitrogen and oxygen atoms in total. The molecule has 2 N–H and O–H groups in total. The number of piperidine rings is 1. The highest BCUT2D eigenvalue weighted by molar-refractivity contribution is 7.12. The van der Waals surface area contributed by atoms with E-state index < -0.39 is 0 Å². The van der Waals surface area contributed by atoms with Crippen molar-refractivity contribution in [2.24, 2.45) is 5.73 Å². The van der Waals surface area contributed by atoms with E-state index >= 15 is 0 Å². The van der Waals surface area contributed by atoms with Gasteiger partial charge in [-0.1, -0.05) is 13.3 Å². The molecule has 2 rings (SSSR count). The summed E-state index contributed by atoms with van der Waals surface area (Å²) in [5, 5.41) is 0. The molecule has 0 spiro atoms. The van der Waals surface area contributed by atoms with Crippen molar-refractivity contribution in [3.8, 4) is 0 Å². The summed E-state index contributed by atoms with van der Waals surface area (Å²) in [6.07, 6.45) is 5.28. The van der Waals surface area contributed by atoms with Gasteiger partial charge in [-0.25, -0.2) is 0 Å². The number of nitrogens with two attached hydrogens (primary N) is 1. The van der Waals surface area contributed by atoms with E-state index in [1.54, 1.807) is 0 Å². The quantitative estimate of drug-likeness (QED) is 0.900. The number of likely N-dealkylation sites (tertiary alicyclic amines) is 1. The molecule has 2 heterocycles. The third-order valence-corrected chi connectivity index (χ3v) is 5.12. The van der Waals surface area contributed by atoms with Crippen molar-refractivity contribution in [3.05, 3.63) is 21.9 Å². The van der Waals surface area contributed by atoms with Gasteiger partial charge in [0.2, 0.25) is 0 Å². The second kappa shape index (κ2) is 6.18. The Kier molecular flexibility index (Phi) is 4.82. The average molecular weight is 266 g/mol. The van der Waals surface area contributed by atoms with E-state index in [1.807, 2.05) is 11.3 Å². The molecule has 1 aromatic rings. The number of rotatable bonds is 4. The van der Waals surface area contributed by atoms with Gasteiger partial charge in [-0.2, -0.15) is 0 Å². The maximum Gasteiger partial charge on any atom is 0.0593 e. The van der Waals surface area contributed by atoms with Crippen molar-refractivity contribution in [1.29, 1.82) is 0 Å². The van der Waals surface area contributed by atoms with Crippen LogP contribution in [0.3, 0.4) is 0 Å². The van der Waals surface area contributed by atoms with Crippen LogP contribution in [0.25, 0.3) is 0 Å². The topological polar surface area (TPSA) is 29.3 Å². The van der Waals surface area contributed by atoms with Gasteiger partial charge in [-0.05, 0) is 51.8 Å². The van der Waals surface area contributed by atoms with Crippen molar-refractivity contribution >= 4 is 11.3 Å². The fourth-order valence-corrected chi connectivity index (χ4v) is 4.28. The second-order valence-corrected chi connectivity index (χ2v) is 6.87. The minimum Gasteiger partial charge on any atom is -0.326 e. The smallest absolute Gasteiger partial charge is 0.0593 e. The van der Waals surface area contributed by atoms with E-state index in [9.17, 15) is 0 Å². The predicted octanol–water partition coefficient (Wildman–Crippen LogP) is 3.71. The Morgan fingerprint density at radius 2 is 2.22 bits per heavy atom. The van der Waals surface area contributed by atoms with Crippen LogP contribution in [0.2, 0.25) is 0 Å². The van der Waals surface area contributed by atoms with E-state index in [-0.39, 0.29) is 6.04 Å². The van der Waals surface area contributed by atoms with Crippen molar-refractivity contribution in [2.75, 3.05) is 6.54 Å². The molecule has 0 aromatic carbocycles. The molecule has 0 bridgehead atoms. The number of aryl methyl sites for hydroxylation is 1. The van der Waals surface area contributed by atoms with Gasteiger partial charge in [0.1, 0.15) is 0 Å². The first-order chi connectivity index (χ1) is 8.63. The zero-order valence-electron chi connectivity index (χ0n) is 11.9. The van der Waals surface area contributed by atoms with Gasteiger partial charge in [-0.15, -0.1) is 11.3 Å². The molecule has 3 heteroatoms. The van der Waals surface area contributed by atoms with Crippen LogP contribution >= 0.6 is 11.3 Å². The van der Waals surface area contributed by atoms with Gasteiger partial charge in [0.15, 0.2) is 0 Å². The van der Waals surface area contributed by atoms with E-state index in [4.69, 9.17) is 5.73 Å². The molecule has 0 saturated carbocycles. The van der Waals surface area contributed by atoms with E-state index in [0.717, 1.165) is 6.04 Å². The molecule has 1 saturated heterocycles. The molecule has 1 fully saturated rings. The average Bonchev–Trinajstić information content (AvgIpc) is 2.76. The molecule has 0 radical (unpaired) electrons. The van der Waals surface area contributed by atoms with Crippen molar-refractivity contribution in [2.45, 2.75) is 64.6 Å². The first-order valence-electron chi connectivity index (χ1n) is 7.21. The zero-order valence-corrected chi connectivity index (χ0v) is 12.7. The highest BCUT2D eigenvalue weighted by Crippen LogP contribution is 2.34. The van der Waals surface area contributed by atoms with Crippen LogP contribution in [-0.4, -0.2) is 23.5 Å². The minimum atomic E-state index is 0.204. The summed E-state index contributed by atoms with van der Waals surface area (Å²) in [6, 6.07) is 5.83. The van der Waals surface area contributed by atoms with Gasteiger partial charge in [-0.3, -0.25) is 4.90 Å². The van der Waals surface area contributed by atoms with Gasteiger partial charge >= 0.3 is 0 Å². The first-order valence-corrected chi connectivity index (χ1v) is 8.02. The molecular weight excluding hydrogens is 240 g/mol. The summed E-state index contributed by atoms with van der Waals surface area (Å²) >= 11 is 1.91. The van der Waals surface area contributed by atoms with E-state index in [0.29, 0.717) is 6.04 Å². The van der Waals surface area contributed by atoms with Crippen LogP contribution in [0.5, 0.6) is 0 Å². The van der Waals surface area contributed by atoms with E-state index in [2.05, 4.69) is 37.8 Å². The molecule has 102 valence electrons. The lowest BCUT2D eigenvalue weighted by atomic mass is 9.95. The standard InChI is InChI=1S/C15H26N2S/c1-4-13-7-5-6-10-17(13)15(12(3)16)14-9-8-11(2)18-14/h8-9,12-13,15H,4-7,10,16H2,1-3H3. The number of thiophene rings is 1. The first kappa shape index (κ1) is 14.0. The molecule has 3 atom stereocenters. The van der Waals surface area contributed by atoms with Crippen LogP contribution < -0.4 is 5.73 Å². The summed E-state index contributed by atoms with van der Waals surface area (Å²) in [6.45, 7) is 7.85. The van der Waals surface area contributed by atoms with Crippen LogP contribution in [0.4, 0.5) is 0 Å². The van der Waals surface area contributed by atoms with E-state index in [1.165, 1.54) is 42.0 Å². The largest absolute Gasteiger partial charge is 0.326 e. The minimum absolute atomic E-state index is 0.204. The molecule has 1 aromatic heterocycles. The molecule has 1 aliphatic heterocycles.